The van der Waals surface area contributed by atoms with Gasteiger partial charge in [-0.25, -0.2) is 0 Å². The van der Waals surface area contributed by atoms with E-state index < -0.39 is 0 Å². The molecule has 1 heterocycles. The Kier molecular flexibility index (Phi) is 6.34. The summed E-state index contributed by atoms with van der Waals surface area (Å²) < 4.78 is 6.19. The van der Waals surface area contributed by atoms with E-state index in [0.717, 1.165) is 53.5 Å². The number of ether oxygens (including phenoxy) is 1. The highest BCUT2D eigenvalue weighted by atomic mass is 79.9. The van der Waals surface area contributed by atoms with Crippen molar-refractivity contribution in [3.63, 3.8) is 0 Å². The summed E-state index contributed by atoms with van der Waals surface area (Å²) in [5.74, 6) is 0.830. The molecule has 6 heteroatoms. The second kappa shape index (κ2) is 8.70. The molecular formula is C19H22BrClN3O+. The van der Waals surface area contributed by atoms with Crippen LogP contribution in [0.3, 0.4) is 0 Å². The molecule has 1 aliphatic rings. The maximum atomic E-state index is 5.95. The number of nitrogens with one attached hydrogen (secondary N) is 1. The lowest BCUT2D eigenvalue weighted by atomic mass is 10.2. The molecule has 0 saturated carbocycles. The summed E-state index contributed by atoms with van der Waals surface area (Å²) >= 11 is 9.45. The summed E-state index contributed by atoms with van der Waals surface area (Å²) in [6, 6.07) is 14.1. The van der Waals surface area contributed by atoms with Crippen LogP contribution in [-0.4, -0.2) is 44.5 Å². The molecule has 2 aromatic carbocycles. The van der Waals surface area contributed by atoms with E-state index >= 15 is 0 Å². The van der Waals surface area contributed by atoms with Crippen LogP contribution in [0.25, 0.3) is 0 Å². The molecule has 0 atom stereocenters. The van der Waals surface area contributed by atoms with Gasteiger partial charge in [0.15, 0.2) is 0 Å². The lowest BCUT2D eigenvalue weighted by molar-refractivity contribution is -0.918. The zero-order valence-corrected chi connectivity index (χ0v) is 16.6. The highest BCUT2D eigenvalue weighted by Crippen LogP contribution is 2.24. The number of hydrogen-bond acceptors (Lipinski definition) is 3. The number of hydrogen-bond donors (Lipinski definition) is 1. The molecule has 132 valence electrons. The van der Waals surface area contributed by atoms with Crippen molar-refractivity contribution in [2.45, 2.75) is 6.54 Å². The molecule has 0 bridgehead atoms. The molecule has 4 nitrogen and oxygen atoms in total. The van der Waals surface area contributed by atoms with Crippen LogP contribution in [0.5, 0.6) is 5.75 Å². The molecule has 1 N–H and O–H groups in total. The second-order valence-corrected chi connectivity index (χ2v) is 7.44. The van der Waals surface area contributed by atoms with E-state index in [1.807, 2.05) is 36.5 Å². The maximum absolute atomic E-state index is 5.95. The van der Waals surface area contributed by atoms with Crippen LogP contribution < -0.4 is 9.64 Å². The quantitative estimate of drug-likeness (QED) is 0.749. The smallest absolute Gasteiger partial charge is 0.133 e. The normalized spacial score (nSPS) is 15.7. The van der Waals surface area contributed by atoms with Gasteiger partial charge in [-0.05, 0) is 51.8 Å². The van der Waals surface area contributed by atoms with Gasteiger partial charge in [-0.1, -0.05) is 23.7 Å². The number of methoxy groups -OCH3 is 1. The summed E-state index contributed by atoms with van der Waals surface area (Å²) in [6.07, 6.45) is 1.91. The summed E-state index contributed by atoms with van der Waals surface area (Å²) in [7, 11) is 1.67. The second-order valence-electron chi connectivity index (χ2n) is 6.15. The van der Waals surface area contributed by atoms with Crippen molar-refractivity contribution in [2.75, 3.05) is 33.3 Å². The van der Waals surface area contributed by atoms with Crippen molar-refractivity contribution in [1.29, 1.82) is 0 Å². The fraction of sp³-hybridized carbons (Fsp3) is 0.316. The van der Waals surface area contributed by atoms with Crippen LogP contribution in [-0.2, 0) is 6.54 Å². The lowest BCUT2D eigenvalue weighted by Crippen LogP contribution is -3.13. The first-order chi connectivity index (χ1) is 12.1. The van der Waals surface area contributed by atoms with Gasteiger partial charge in [0, 0.05) is 10.6 Å². The zero-order valence-electron chi connectivity index (χ0n) is 14.2. The third kappa shape index (κ3) is 5.21. The fourth-order valence-corrected chi connectivity index (χ4v) is 3.59. The van der Waals surface area contributed by atoms with Crippen molar-refractivity contribution in [1.82, 2.24) is 5.01 Å². The van der Waals surface area contributed by atoms with Crippen molar-refractivity contribution >= 4 is 33.7 Å². The first-order valence-corrected chi connectivity index (χ1v) is 9.51. The molecule has 1 saturated heterocycles. The van der Waals surface area contributed by atoms with Gasteiger partial charge in [0.05, 0.1) is 44.0 Å². The molecular weight excluding hydrogens is 402 g/mol. The van der Waals surface area contributed by atoms with Gasteiger partial charge in [-0.2, -0.15) is 5.10 Å². The van der Waals surface area contributed by atoms with E-state index in [0.29, 0.717) is 0 Å². The van der Waals surface area contributed by atoms with Crippen LogP contribution in [0, 0.1) is 0 Å². The molecule has 0 amide bonds. The monoisotopic (exact) mass is 422 g/mol. The predicted octanol–water partition coefficient (Wildman–Crippen LogP) is 2.85. The Bertz CT molecular complexity index is 728. The number of piperazine rings is 1. The average Bonchev–Trinajstić information content (AvgIpc) is 2.63. The third-order valence-corrected chi connectivity index (χ3v) is 5.23. The van der Waals surface area contributed by atoms with Crippen LogP contribution in [0.4, 0.5) is 0 Å². The first-order valence-electron chi connectivity index (χ1n) is 8.34. The van der Waals surface area contributed by atoms with E-state index in [1.54, 1.807) is 12.0 Å². The number of nitrogens with zero attached hydrogens (tertiary/aromatic N) is 2. The average molecular weight is 424 g/mol. The van der Waals surface area contributed by atoms with E-state index in [1.165, 1.54) is 5.56 Å². The summed E-state index contributed by atoms with van der Waals surface area (Å²) in [4.78, 5) is 1.58. The van der Waals surface area contributed by atoms with E-state index in [9.17, 15) is 0 Å². The van der Waals surface area contributed by atoms with Crippen LogP contribution in [0.15, 0.2) is 52.0 Å². The highest BCUT2D eigenvalue weighted by Gasteiger charge is 2.18. The minimum Gasteiger partial charge on any atom is -0.496 e. The minimum atomic E-state index is 0.795. The Morgan fingerprint density at radius 2 is 1.92 bits per heavy atom. The predicted molar refractivity (Wildman–Crippen MR) is 106 cm³/mol. The SMILES string of the molecule is COc1ccc(C=NN2CC[NH+](Cc3ccc(Cl)cc3)CC2)cc1Br. The number of hydrazone groups is 1. The Labute approximate surface area is 162 Å². The molecule has 0 aromatic heterocycles. The van der Waals surface area contributed by atoms with E-state index in [4.69, 9.17) is 16.3 Å². The molecule has 3 rings (SSSR count). The lowest BCUT2D eigenvalue weighted by Gasteiger charge is -2.30. The van der Waals surface area contributed by atoms with E-state index in [-0.39, 0.29) is 0 Å². The molecule has 0 spiro atoms. The summed E-state index contributed by atoms with van der Waals surface area (Å²) in [6.45, 7) is 5.16. The van der Waals surface area contributed by atoms with Crippen LogP contribution in [0.2, 0.25) is 5.02 Å². The standard InChI is InChI=1S/C19H21BrClN3O/c1-25-19-7-4-16(12-18(19)20)13-22-24-10-8-23(9-11-24)14-15-2-5-17(21)6-3-15/h2-7,12-13H,8-11,14H2,1H3/p+1. The fourth-order valence-electron chi connectivity index (χ4n) is 2.91. The van der Waals surface area contributed by atoms with Gasteiger partial charge in [0.1, 0.15) is 12.3 Å². The topological polar surface area (TPSA) is 29.3 Å². The molecule has 2 aromatic rings. The number of rotatable bonds is 5. The molecule has 0 radical (unpaired) electrons. The molecule has 0 aliphatic carbocycles. The van der Waals surface area contributed by atoms with Crippen LogP contribution in [0.1, 0.15) is 11.1 Å². The van der Waals surface area contributed by atoms with Crippen LogP contribution >= 0.6 is 27.5 Å². The number of halogens is 2. The summed E-state index contributed by atoms with van der Waals surface area (Å²) in [5.41, 5.74) is 2.39. The largest absolute Gasteiger partial charge is 0.496 e. The van der Waals surface area contributed by atoms with E-state index in [2.05, 4.69) is 38.2 Å². The van der Waals surface area contributed by atoms with Crippen molar-refractivity contribution < 1.29 is 9.64 Å². The number of quaternary nitrogens is 1. The number of benzene rings is 2. The highest BCUT2D eigenvalue weighted by molar-refractivity contribution is 9.10. The van der Waals surface area contributed by atoms with Gasteiger partial charge < -0.3 is 9.64 Å². The zero-order chi connectivity index (χ0) is 17.6. The van der Waals surface area contributed by atoms with Gasteiger partial charge in [-0.15, -0.1) is 0 Å². The van der Waals surface area contributed by atoms with Gasteiger partial charge in [-0.3, -0.25) is 5.01 Å². The Morgan fingerprint density at radius 1 is 1.20 bits per heavy atom. The Hall–Kier alpha value is -1.56. The molecule has 0 unspecified atom stereocenters. The minimum absolute atomic E-state index is 0.795. The van der Waals surface area contributed by atoms with Gasteiger partial charge in [0.2, 0.25) is 0 Å². The van der Waals surface area contributed by atoms with Gasteiger partial charge in [0.25, 0.3) is 0 Å². The third-order valence-electron chi connectivity index (χ3n) is 4.36. The molecule has 1 fully saturated rings. The van der Waals surface area contributed by atoms with Crippen molar-refractivity contribution in [3.05, 3.63) is 63.1 Å². The maximum Gasteiger partial charge on any atom is 0.133 e. The Morgan fingerprint density at radius 3 is 2.56 bits per heavy atom. The summed E-state index contributed by atoms with van der Waals surface area (Å²) in [5, 5.41) is 7.56. The molecule has 1 aliphatic heterocycles. The molecule has 25 heavy (non-hydrogen) atoms. The van der Waals surface area contributed by atoms with Crippen molar-refractivity contribution in [2.24, 2.45) is 5.10 Å². The van der Waals surface area contributed by atoms with Gasteiger partial charge >= 0.3 is 0 Å². The van der Waals surface area contributed by atoms with Crippen molar-refractivity contribution in [3.8, 4) is 5.75 Å². The Balaban J connectivity index is 1.50. The first kappa shape index (κ1) is 18.2.